The normalized spacial score (nSPS) is 18.4. The van der Waals surface area contributed by atoms with Crippen molar-refractivity contribution in [3.05, 3.63) is 66.0 Å². The zero-order chi connectivity index (χ0) is 20.3. The fourth-order valence-electron chi connectivity index (χ4n) is 3.47. The van der Waals surface area contributed by atoms with Gasteiger partial charge in [0, 0.05) is 37.2 Å². The molecule has 0 unspecified atom stereocenters. The van der Waals surface area contributed by atoms with Gasteiger partial charge in [-0.05, 0) is 31.3 Å². The Labute approximate surface area is 174 Å². The van der Waals surface area contributed by atoms with Gasteiger partial charge < -0.3 is 10.2 Å². The van der Waals surface area contributed by atoms with Crippen LogP contribution in [0.3, 0.4) is 0 Å². The summed E-state index contributed by atoms with van der Waals surface area (Å²) >= 11 is 1.41. The summed E-state index contributed by atoms with van der Waals surface area (Å²) in [6.07, 6.45) is 1.76. The van der Waals surface area contributed by atoms with Crippen molar-refractivity contribution < 1.29 is 9.18 Å². The Bertz CT molecular complexity index is 935. The molecule has 2 aromatic rings. The predicted molar refractivity (Wildman–Crippen MR) is 117 cm³/mol. The van der Waals surface area contributed by atoms with E-state index in [0.29, 0.717) is 5.69 Å². The van der Waals surface area contributed by atoms with E-state index in [1.807, 2.05) is 30.3 Å². The van der Waals surface area contributed by atoms with Crippen LogP contribution >= 0.6 is 11.8 Å². The molecule has 2 aromatic carbocycles. The minimum absolute atomic E-state index is 0.152. The molecule has 0 aliphatic carbocycles. The van der Waals surface area contributed by atoms with Gasteiger partial charge in [0.25, 0.3) is 0 Å². The van der Waals surface area contributed by atoms with Crippen LogP contribution in [0.2, 0.25) is 0 Å². The van der Waals surface area contributed by atoms with E-state index < -0.39 is 5.66 Å². The number of thioether (sulfide) groups is 1. The molecular formula is C22H23FN4OS. The third-order valence-corrected chi connectivity index (χ3v) is 6.10. The van der Waals surface area contributed by atoms with E-state index in [1.54, 1.807) is 12.1 Å². The molecule has 0 radical (unpaired) electrons. The second kappa shape index (κ2) is 8.47. The molecule has 150 valence electrons. The van der Waals surface area contributed by atoms with Crippen LogP contribution in [0.4, 0.5) is 10.1 Å². The number of benzene rings is 2. The summed E-state index contributed by atoms with van der Waals surface area (Å²) in [5, 5.41) is 3.61. The van der Waals surface area contributed by atoms with Crippen molar-refractivity contribution in [1.29, 1.82) is 0 Å². The molecule has 0 bridgehead atoms. The van der Waals surface area contributed by atoms with Crippen LogP contribution in [-0.4, -0.2) is 53.1 Å². The quantitative estimate of drug-likeness (QED) is 0.834. The molecule has 0 saturated carbocycles. The van der Waals surface area contributed by atoms with Crippen molar-refractivity contribution in [2.75, 3.05) is 31.2 Å². The van der Waals surface area contributed by atoms with Crippen molar-refractivity contribution in [3.63, 3.8) is 0 Å². The molecule has 1 saturated heterocycles. The lowest BCUT2D eigenvalue weighted by Gasteiger charge is -2.33. The summed E-state index contributed by atoms with van der Waals surface area (Å²) in [5.74, 6) is -0.260. The summed E-state index contributed by atoms with van der Waals surface area (Å²) < 4.78 is 13.0. The number of piperidine rings is 1. The summed E-state index contributed by atoms with van der Waals surface area (Å²) in [4.78, 5) is 24.7. The smallest absolute Gasteiger partial charge is 0.234 e. The number of hydrogen-bond acceptors (Lipinski definition) is 5. The standard InChI is InChI=1S/C22H23FN4OS/c1-27-13-11-22(12-14-27)25-20(16-5-3-2-4-6-16)21(26-22)29-15-19(28)24-18-9-7-17(23)8-10-18/h2-10H,11-15H2,1H3,(H,24,28). The summed E-state index contributed by atoms with van der Waals surface area (Å²) in [6, 6.07) is 15.8. The monoisotopic (exact) mass is 410 g/mol. The second-order valence-electron chi connectivity index (χ2n) is 7.37. The SMILES string of the molecule is CN1CCC2(CC1)N=C(SCC(=O)Nc1ccc(F)cc1)C(c1ccccc1)=N2. The molecule has 1 spiro atoms. The fourth-order valence-corrected chi connectivity index (χ4v) is 4.35. The van der Waals surface area contributed by atoms with Gasteiger partial charge in [0.1, 0.15) is 10.9 Å². The molecule has 2 heterocycles. The summed E-state index contributed by atoms with van der Waals surface area (Å²) in [6.45, 7) is 1.91. The molecule has 2 aliphatic rings. The lowest BCUT2D eigenvalue weighted by Crippen LogP contribution is -2.39. The molecule has 1 fully saturated rings. The lowest BCUT2D eigenvalue weighted by atomic mass is 9.99. The molecule has 7 heteroatoms. The first-order valence-corrected chi connectivity index (χ1v) is 10.6. The maximum absolute atomic E-state index is 13.0. The first-order valence-electron chi connectivity index (χ1n) is 9.65. The topological polar surface area (TPSA) is 57.1 Å². The van der Waals surface area contributed by atoms with Crippen molar-refractivity contribution in [1.82, 2.24) is 4.90 Å². The molecular weight excluding hydrogens is 387 g/mol. The Morgan fingerprint density at radius 1 is 1.10 bits per heavy atom. The Balaban J connectivity index is 1.48. The van der Waals surface area contributed by atoms with E-state index in [0.717, 1.165) is 42.3 Å². The Hall–Kier alpha value is -2.51. The number of halogens is 1. The van der Waals surface area contributed by atoms with Gasteiger partial charge in [0.15, 0.2) is 5.66 Å². The number of nitrogens with zero attached hydrogens (tertiary/aromatic N) is 3. The van der Waals surface area contributed by atoms with Crippen molar-refractivity contribution >= 4 is 34.1 Å². The van der Waals surface area contributed by atoms with Crippen molar-refractivity contribution in [3.8, 4) is 0 Å². The highest BCUT2D eigenvalue weighted by Gasteiger charge is 2.39. The Kier molecular flexibility index (Phi) is 5.78. The van der Waals surface area contributed by atoms with E-state index in [-0.39, 0.29) is 17.5 Å². The summed E-state index contributed by atoms with van der Waals surface area (Å²) in [5.41, 5.74) is 2.06. The number of rotatable bonds is 4. The highest BCUT2D eigenvalue weighted by atomic mass is 32.2. The van der Waals surface area contributed by atoms with Gasteiger partial charge in [-0.3, -0.25) is 9.79 Å². The van der Waals surface area contributed by atoms with Gasteiger partial charge >= 0.3 is 0 Å². The van der Waals surface area contributed by atoms with E-state index in [9.17, 15) is 9.18 Å². The Morgan fingerprint density at radius 3 is 2.48 bits per heavy atom. The van der Waals surface area contributed by atoms with E-state index >= 15 is 0 Å². The van der Waals surface area contributed by atoms with Gasteiger partial charge in [-0.15, -0.1) is 0 Å². The highest BCUT2D eigenvalue weighted by Crippen LogP contribution is 2.35. The molecule has 0 aromatic heterocycles. The van der Waals surface area contributed by atoms with Gasteiger partial charge in [-0.2, -0.15) is 0 Å². The lowest BCUT2D eigenvalue weighted by molar-refractivity contribution is -0.113. The maximum Gasteiger partial charge on any atom is 0.234 e. The molecule has 1 N–H and O–H groups in total. The number of carbonyl (C=O) groups is 1. The first-order chi connectivity index (χ1) is 14.0. The van der Waals surface area contributed by atoms with Crippen LogP contribution in [0, 0.1) is 5.82 Å². The number of hydrogen-bond donors (Lipinski definition) is 1. The molecule has 29 heavy (non-hydrogen) atoms. The zero-order valence-corrected chi connectivity index (χ0v) is 17.1. The Morgan fingerprint density at radius 2 is 1.79 bits per heavy atom. The average molecular weight is 411 g/mol. The van der Waals surface area contributed by atoms with Gasteiger partial charge in [-0.1, -0.05) is 42.1 Å². The van der Waals surface area contributed by atoms with Crippen molar-refractivity contribution in [2.24, 2.45) is 9.98 Å². The first kappa shape index (κ1) is 19.8. The maximum atomic E-state index is 13.0. The van der Waals surface area contributed by atoms with Gasteiger partial charge in [0.2, 0.25) is 5.91 Å². The van der Waals surface area contributed by atoms with Crippen LogP contribution < -0.4 is 5.32 Å². The third-order valence-electron chi connectivity index (χ3n) is 5.14. The minimum atomic E-state index is -0.409. The van der Waals surface area contributed by atoms with Gasteiger partial charge in [0.05, 0.1) is 11.5 Å². The van der Waals surface area contributed by atoms with E-state index in [1.165, 1.54) is 23.9 Å². The largest absolute Gasteiger partial charge is 0.325 e. The number of nitrogens with one attached hydrogen (secondary N) is 1. The molecule has 0 atom stereocenters. The van der Waals surface area contributed by atoms with Crippen LogP contribution in [0.5, 0.6) is 0 Å². The summed E-state index contributed by atoms with van der Waals surface area (Å²) in [7, 11) is 2.11. The molecule has 4 rings (SSSR count). The van der Waals surface area contributed by atoms with Crippen LogP contribution in [-0.2, 0) is 4.79 Å². The second-order valence-corrected chi connectivity index (χ2v) is 8.34. The van der Waals surface area contributed by atoms with E-state index in [4.69, 9.17) is 9.98 Å². The zero-order valence-electron chi connectivity index (χ0n) is 16.3. The van der Waals surface area contributed by atoms with Crippen LogP contribution in [0.25, 0.3) is 0 Å². The number of likely N-dealkylation sites (tertiary alicyclic amines) is 1. The number of carbonyl (C=O) groups excluding carboxylic acids is 1. The number of aliphatic imine (C=N–C) groups is 2. The van der Waals surface area contributed by atoms with Crippen LogP contribution in [0.15, 0.2) is 64.6 Å². The molecule has 5 nitrogen and oxygen atoms in total. The average Bonchev–Trinajstić information content (AvgIpc) is 3.10. The highest BCUT2D eigenvalue weighted by molar-refractivity contribution is 8.16. The number of amides is 1. The van der Waals surface area contributed by atoms with E-state index in [2.05, 4.69) is 17.3 Å². The van der Waals surface area contributed by atoms with Gasteiger partial charge in [-0.25, -0.2) is 9.38 Å². The number of anilines is 1. The fraction of sp³-hybridized carbons (Fsp3) is 0.318. The molecule has 2 aliphatic heterocycles. The van der Waals surface area contributed by atoms with Crippen molar-refractivity contribution in [2.45, 2.75) is 18.5 Å². The minimum Gasteiger partial charge on any atom is -0.325 e. The third kappa shape index (κ3) is 4.74. The molecule has 1 amide bonds. The predicted octanol–water partition coefficient (Wildman–Crippen LogP) is 3.82. The van der Waals surface area contributed by atoms with Crippen LogP contribution in [0.1, 0.15) is 18.4 Å².